The van der Waals surface area contributed by atoms with Gasteiger partial charge in [0, 0.05) is 19.6 Å². The summed E-state index contributed by atoms with van der Waals surface area (Å²) in [6, 6.07) is 7.75. The Balaban J connectivity index is 2.03. The monoisotopic (exact) mass is 403 g/mol. The molecule has 6 nitrogen and oxygen atoms in total. The van der Waals surface area contributed by atoms with Gasteiger partial charge in [0.25, 0.3) is 0 Å². The molecule has 0 radical (unpaired) electrons. The Hall–Kier alpha value is -2.08. The standard InChI is InChI=1S/C23H37N3O3/c1-6-25(7-2)17-19-13-9-8-12-18(19)16-24-21(27)20-14-10-11-15-26(20)22(28)29-23(3,4)5/h8-9,12-13,20H,6-7,10-11,14-17H2,1-5H3,(H,24,27). The second-order valence-electron chi connectivity index (χ2n) is 8.63. The van der Waals surface area contributed by atoms with Crippen molar-refractivity contribution in [3.05, 3.63) is 35.4 Å². The van der Waals surface area contributed by atoms with Crippen LogP contribution in [0.15, 0.2) is 24.3 Å². The molecule has 29 heavy (non-hydrogen) atoms. The minimum atomic E-state index is -0.571. The van der Waals surface area contributed by atoms with Gasteiger partial charge in [-0.1, -0.05) is 38.1 Å². The van der Waals surface area contributed by atoms with Gasteiger partial charge in [-0.2, -0.15) is 0 Å². The molecule has 6 heteroatoms. The van der Waals surface area contributed by atoms with Crippen LogP contribution >= 0.6 is 0 Å². The number of nitrogens with one attached hydrogen (secondary N) is 1. The largest absolute Gasteiger partial charge is 0.444 e. The van der Waals surface area contributed by atoms with Crippen LogP contribution in [0.25, 0.3) is 0 Å². The van der Waals surface area contributed by atoms with Crippen LogP contribution in [0.1, 0.15) is 65.0 Å². The van der Waals surface area contributed by atoms with Gasteiger partial charge in [0.15, 0.2) is 0 Å². The number of amides is 2. The number of carbonyl (C=O) groups excluding carboxylic acids is 2. The van der Waals surface area contributed by atoms with Gasteiger partial charge in [0.2, 0.25) is 5.91 Å². The van der Waals surface area contributed by atoms with Crippen molar-refractivity contribution in [3.63, 3.8) is 0 Å². The lowest BCUT2D eigenvalue weighted by Gasteiger charge is -2.35. The molecule has 0 bridgehead atoms. The average molecular weight is 404 g/mol. The van der Waals surface area contributed by atoms with Crippen LogP contribution in [0.5, 0.6) is 0 Å². The molecule has 1 N–H and O–H groups in total. The van der Waals surface area contributed by atoms with Gasteiger partial charge >= 0.3 is 6.09 Å². The van der Waals surface area contributed by atoms with Crippen molar-refractivity contribution < 1.29 is 14.3 Å². The van der Waals surface area contributed by atoms with Crippen molar-refractivity contribution >= 4 is 12.0 Å². The molecule has 1 saturated heterocycles. The SMILES string of the molecule is CCN(CC)Cc1ccccc1CNC(=O)C1CCCCN1C(=O)OC(C)(C)C. The smallest absolute Gasteiger partial charge is 0.410 e. The minimum absolute atomic E-state index is 0.104. The maximum absolute atomic E-state index is 12.9. The van der Waals surface area contributed by atoms with E-state index in [1.54, 1.807) is 4.90 Å². The number of hydrogen-bond acceptors (Lipinski definition) is 4. The van der Waals surface area contributed by atoms with Crippen LogP contribution in [0.3, 0.4) is 0 Å². The molecular weight excluding hydrogens is 366 g/mol. The fraction of sp³-hybridized carbons (Fsp3) is 0.652. The van der Waals surface area contributed by atoms with E-state index >= 15 is 0 Å². The molecule has 1 fully saturated rings. The molecular formula is C23H37N3O3. The van der Waals surface area contributed by atoms with E-state index in [1.807, 2.05) is 32.9 Å². The maximum atomic E-state index is 12.9. The van der Waals surface area contributed by atoms with E-state index in [1.165, 1.54) is 5.56 Å². The third kappa shape index (κ3) is 7.03. The highest BCUT2D eigenvalue weighted by atomic mass is 16.6. The van der Waals surface area contributed by atoms with Crippen LogP contribution < -0.4 is 5.32 Å². The molecule has 1 aromatic rings. The van der Waals surface area contributed by atoms with E-state index in [9.17, 15) is 9.59 Å². The van der Waals surface area contributed by atoms with E-state index in [-0.39, 0.29) is 5.91 Å². The predicted octanol–water partition coefficient (Wildman–Crippen LogP) is 3.93. The van der Waals surface area contributed by atoms with Gasteiger partial charge < -0.3 is 10.1 Å². The zero-order chi connectivity index (χ0) is 21.4. The van der Waals surface area contributed by atoms with Gasteiger partial charge in [-0.3, -0.25) is 14.6 Å². The second-order valence-corrected chi connectivity index (χ2v) is 8.63. The summed E-state index contributed by atoms with van der Waals surface area (Å²) in [6.07, 6.45) is 2.11. The Morgan fingerprint density at radius 3 is 2.41 bits per heavy atom. The molecule has 1 aromatic carbocycles. The Labute approximate surface area is 175 Å². The highest BCUT2D eigenvalue weighted by molar-refractivity contribution is 5.86. The first-order chi connectivity index (χ1) is 13.7. The number of benzene rings is 1. The summed E-state index contributed by atoms with van der Waals surface area (Å²) >= 11 is 0. The molecule has 1 aliphatic heterocycles. The summed E-state index contributed by atoms with van der Waals surface area (Å²) in [5.41, 5.74) is 1.77. The first-order valence-electron chi connectivity index (χ1n) is 10.8. The lowest BCUT2D eigenvalue weighted by atomic mass is 10.0. The molecule has 0 aromatic heterocycles. The number of rotatable bonds is 7. The fourth-order valence-corrected chi connectivity index (χ4v) is 3.62. The van der Waals surface area contributed by atoms with Crippen LogP contribution in [-0.4, -0.2) is 53.1 Å². The molecule has 0 aliphatic carbocycles. The lowest BCUT2D eigenvalue weighted by Crippen LogP contribution is -2.53. The average Bonchev–Trinajstić information content (AvgIpc) is 2.69. The second kappa shape index (κ2) is 10.6. The van der Waals surface area contributed by atoms with Crippen LogP contribution in [0, 0.1) is 0 Å². The normalized spacial score (nSPS) is 17.3. The number of likely N-dealkylation sites (tertiary alicyclic amines) is 1. The molecule has 0 spiro atoms. The van der Waals surface area contributed by atoms with Crippen molar-refractivity contribution in [2.45, 2.75) is 78.6 Å². The van der Waals surface area contributed by atoms with Gasteiger partial charge in [-0.05, 0) is 64.3 Å². The Kier molecular flexibility index (Phi) is 8.50. The van der Waals surface area contributed by atoms with Crippen LogP contribution in [0.2, 0.25) is 0 Å². The fourth-order valence-electron chi connectivity index (χ4n) is 3.62. The molecule has 2 rings (SSSR count). The van der Waals surface area contributed by atoms with E-state index < -0.39 is 17.7 Å². The van der Waals surface area contributed by atoms with Gasteiger partial charge in [0.05, 0.1) is 0 Å². The van der Waals surface area contributed by atoms with Crippen molar-refractivity contribution in [3.8, 4) is 0 Å². The van der Waals surface area contributed by atoms with Crippen LogP contribution in [-0.2, 0) is 22.6 Å². The van der Waals surface area contributed by atoms with E-state index in [0.29, 0.717) is 19.5 Å². The Morgan fingerprint density at radius 2 is 1.79 bits per heavy atom. The summed E-state index contributed by atoms with van der Waals surface area (Å²) < 4.78 is 5.51. The predicted molar refractivity (Wildman–Crippen MR) is 115 cm³/mol. The number of nitrogens with zero attached hydrogens (tertiary/aromatic N) is 2. The maximum Gasteiger partial charge on any atom is 0.410 e. The molecule has 1 aliphatic rings. The van der Waals surface area contributed by atoms with Gasteiger partial charge in [-0.25, -0.2) is 4.79 Å². The first kappa shape index (κ1) is 23.2. The molecule has 162 valence electrons. The third-order valence-electron chi connectivity index (χ3n) is 5.29. The minimum Gasteiger partial charge on any atom is -0.444 e. The topological polar surface area (TPSA) is 61.9 Å². The Morgan fingerprint density at radius 1 is 1.14 bits per heavy atom. The molecule has 0 saturated carbocycles. The summed E-state index contributed by atoms with van der Waals surface area (Å²) in [5, 5.41) is 3.06. The summed E-state index contributed by atoms with van der Waals surface area (Å²) in [7, 11) is 0. The summed E-state index contributed by atoms with van der Waals surface area (Å²) in [5.74, 6) is -0.104. The van der Waals surface area contributed by atoms with Crippen molar-refractivity contribution in [2.75, 3.05) is 19.6 Å². The molecule has 1 heterocycles. The number of carbonyl (C=O) groups is 2. The zero-order valence-corrected chi connectivity index (χ0v) is 18.7. The van der Waals surface area contributed by atoms with Gasteiger partial charge in [0.1, 0.15) is 11.6 Å². The summed E-state index contributed by atoms with van der Waals surface area (Å²) in [6.45, 7) is 13.7. The van der Waals surface area contributed by atoms with Crippen molar-refractivity contribution in [2.24, 2.45) is 0 Å². The first-order valence-corrected chi connectivity index (χ1v) is 10.8. The van der Waals surface area contributed by atoms with Crippen molar-refractivity contribution in [1.82, 2.24) is 15.1 Å². The quantitative estimate of drug-likeness (QED) is 0.749. The highest BCUT2D eigenvalue weighted by Gasteiger charge is 2.34. The Bertz CT molecular complexity index is 680. The highest BCUT2D eigenvalue weighted by Crippen LogP contribution is 2.21. The van der Waals surface area contributed by atoms with Crippen LogP contribution in [0.4, 0.5) is 4.79 Å². The zero-order valence-electron chi connectivity index (χ0n) is 18.7. The number of ether oxygens (including phenoxy) is 1. The third-order valence-corrected chi connectivity index (χ3v) is 5.29. The van der Waals surface area contributed by atoms with Crippen molar-refractivity contribution in [1.29, 1.82) is 0 Å². The van der Waals surface area contributed by atoms with E-state index in [2.05, 4.69) is 36.2 Å². The van der Waals surface area contributed by atoms with E-state index in [4.69, 9.17) is 4.74 Å². The lowest BCUT2D eigenvalue weighted by molar-refractivity contribution is -0.127. The molecule has 1 unspecified atom stereocenters. The number of hydrogen-bond donors (Lipinski definition) is 1. The molecule has 2 amide bonds. The summed E-state index contributed by atoms with van der Waals surface area (Å²) in [4.78, 5) is 29.4. The van der Waals surface area contributed by atoms with E-state index in [0.717, 1.165) is 38.0 Å². The number of piperidine rings is 1. The molecule has 1 atom stereocenters. The van der Waals surface area contributed by atoms with Gasteiger partial charge in [-0.15, -0.1) is 0 Å².